The second-order valence-electron chi connectivity index (χ2n) is 6.84. The Labute approximate surface area is 159 Å². The van der Waals surface area contributed by atoms with Crippen LogP contribution in [0.25, 0.3) is 0 Å². The van der Waals surface area contributed by atoms with Crippen LogP contribution in [-0.2, 0) is 9.53 Å². The molecule has 1 aromatic carbocycles. The number of esters is 1. The number of amides is 2. The van der Waals surface area contributed by atoms with Gasteiger partial charge in [0, 0.05) is 5.71 Å². The first kappa shape index (κ1) is 19.2. The summed E-state index contributed by atoms with van der Waals surface area (Å²) < 4.78 is 16.7. The van der Waals surface area contributed by atoms with Gasteiger partial charge in [0.15, 0.2) is 11.5 Å². The van der Waals surface area contributed by atoms with Crippen LogP contribution >= 0.6 is 0 Å². The van der Waals surface area contributed by atoms with Gasteiger partial charge in [-0.25, -0.2) is 9.79 Å². The van der Waals surface area contributed by atoms with Crippen molar-refractivity contribution >= 4 is 17.7 Å². The standard InChI is InChI=1S/C20H26N2O5/c1-4-26-15-10-9-13(11-16(15)25-3)18-17(12(2)21-20(24)22-18)19(23)27-14-7-5-6-8-14/h9-11,14,17-18H,4-8H2,1-3H3,(H,22,24). The molecule has 2 unspecified atom stereocenters. The highest BCUT2D eigenvalue weighted by Crippen LogP contribution is 2.35. The third kappa shape index (κ3) is 4.23. The lowest BCUT2D eigenvalue weighted by Crippen LogP contribution is -2.44. The predicted molar refractivity (Wildman–Crippen MR) is 100 cm³/mol. The number of hydrogen-bond donors (Lipinski definition) is 1. The van der Waals surface area contributed by atoms with Gasteiger partial charge in [-0.15, -0.1) is 0 Å². The number of nitrogens with zero attached hydrogens (tertiary/aromatic N) is 1. The van der Waals surface area contributed by atoms with Gasteiger partial charge < -0.3 is 19.5 Å². The number of methoxy groups -OCH3 is 1. The molecule has 3 rings (SSSR count). The number of carbonyl (C=O) groups is 2. The summed E-state index contributed by atoms with van der Waals surface area (Å²) in [7, 11) is 1.56. The molecule has 1 heterocycles. The number of benzene rings is 1. The van der Waals surface area contributed by atoms with Gasteiger partial charge in [0.05, 0.1) is 19.8 Å². The molecule has 0 aromatic heterocycles. The third-order valence-electron chi connectivity index (χ3n) is 5.03. The minimum absolute atomic E-state index is 0.0431. The van der Waals surface area contributed by atoms with E-state index in [0.717, 1.165) is 31.2 Å². The molecule has 0 radical (unpaired) electrons. The first-order valence-corrected chi connectivity index (χ1v) is 9.40. The molecular formula is C20H26N2O5. The van der Waals surface area contributed by atoms with Crippen LogP contribution in [0.2, 0.25) is 0 Å². The van der Waals surface area contributed by atoms with E-state index in [1.54, 1.807) is 26.2 Å². The zero-order chi connectivity index (χ0) is 19.4. The van der Waals surface area contributed by atoms with E-state index in [9.17, 15) is 9.59 Å². The molecule has 7 nitrogen and oxygen atoms in total. The van der Waals surface area contributed by atoms with E-state index in [0.29, 0.717) is 23.8 Å². The maximum atomic E-state index is 12.9. The Hall–Kier alpha value is -2.57. The van der Waals surface area contributed by atoms with Gasteiger partial charge in [0.25, 0.3) is 0 Å². The molecule has 1 aromatic rings. The largest absolute Gasteiger partial charge is 0.493 e. The van der Waals surface area contributed by atoms with Gasteiger partial charge >= 0.3 is 12.0 Å². The topological polar surface area (TPSA) is 86.2 Å². The second kappa shape index (κ2) is 8.41. The van der Waals surface area contributed by atoms with Crippen molar-refractivity contribution in [2.24, 2.45) is 10.9 Å². The molecule has 0 saturated heterocycles. The number of rotatable bonds is 6. The normalized spacial score (nSPS) is 22.8. The monoisotopic (exact) mass is 374 g/mol. The van der Waals surface area contributed by atoms with E-state index in [4.69, 9.17) is 14.2 Å². The zero-order valence-electron chi connectivity index (χ0n) is 16.0. The van der Waals surface area contributed by atoms with E-state index in [2.05, 4.69) is 10.3 Å². The molecule has 1 N–H and O–H groups in total. The van der Waals surface area contributed by atoms with Crippen LogP contribution in [0.4, 0.5) is 4.79 Å². The molecule has 146 valence electrons. The molecule has 1 saturated carbocycles. The van der Waals surface area contributed by atoms with Gasteiger partial charge in [-0.3, -0.25) is 4.79 Å². The maximum absolute atomic E-state index is 12.9. The number of nitrogens with one attached hydrogen (secondary N) is 1. The average Bonchev–Trinajstić information content (AvgIpc) is 3.14. The Balaban J connectivity index is 1.89. The minimum atomic E-state index is -0.661. The third-order valence-corrected chi connectivity index (χ3v) is 5.03. The van der Waals surface area contributed by atoms with Gasteiger partial charge in [0.2, 0.25) is 0 Å². The Bertz CT molecular complexity index is 740. The molecule has 27 heavy (non-hydrogen) atoms. The number of aliphatic imine (C=N–C) groups is 1. The smallest absolute Gasteiger partial charge is 0.341 e. The minimum Gasteiger partial charge on any atom is -0.493 e. The molecule has 1 aliphatic heterocycles. The molecule has 2 aliphatic rings. The lowest BCUT2D eigenvalue weighted by atomic mass is 9.88. The summed E-state index contributed by atoms with van der Waals surface area (Å²) in [5.41, 5.74) is 1.20. The van der Waals surface area contributed by atoms with Gasteiger partial charge in [-0.1, -0.05) is 6.07 Å². The van der Waals surface area contributed by atoms with Crippen molar-refractivity contribution in [1.29, 1.82) is 0 Å². The number of ether oxygens (including phenoxy) is 3. The summed E-state index contributed by atoms with van der Waals surface area (Å²) in [6.07, 6.45) is 3.89. The van der Waals surface area contributed by atoms with Crippen LogP contribution in [0.3, 0.4) is 0 Å². The summed E-state index contributed by atoms with van der Waals surface area (Å²) in [4.78, 5) is 28.8. The highest BCUT2D eigenvalue weighted by Gasteiger charge is 2.39. The number of carbonyl (C=O) groups excluding carboxylic acids is 2. The fourth-order valence-electron chi connectivity index (χ4n) is 3.70. The lowest BCUT2D eigenvalue weighted by Gasteiger charge is -2.30. The molecule has 0 spiro atoms. The Morgan fingerprint density at radius 1 is 1.26 bits per heavy atom. The molecular weight excluding hydrogens is 348 g/mol. The molecule has 7 heteroatoms. The molecule has 1 aliphatic carbocycles. The van der Waals surface area contributed by atoms with Crippen molar-refractivity contribution in [1.82, 2.24) is 5.32 Å². The SMILES string of the molecule is CCOc1ccc(C2NC(=O)N=C(C)C2C(=O)OC2CCCC2)cc1OC. The molecule has 1 fully saturated rings. The van der Waals surface area contributed by atoms with E-state index in [-0.39, 0.29) is 12.1 Å². The van der Waals surface area contributed by atoms with Crippen molar-refractivity contribution in [2.75, 3.05) is 13.7 Å². The van der Waals surface area contributed by atoms with Gasteiger partial charge in [0.1, 0.15) is 12.0 Å². The van der Waals surface area contributed by atoms with Gasteiger partial charge in [-0.05, 0) is 57.2 Å². The first-order chi connectivity index (χ1) is 13.0. The van der Waals surface area contributed by atoms with Crippen molar-refractivity contribution in [3.8, 4) is 11.5 Å². The highest BCUT2D eigenvalue weighted by atomic mass is 16.5. The van der Waals surface area contributed by atoms with Crippen LogP contribution in [-0.4, -0.2) is 37.5 Å². The quantitative estimate of drug-likeness (QED) is 0.771. The Kier molecular flexibility index (Phi) is 5.98. The molecule has 2 atom stereocenters. The highest BCUT2D eigenvalue weighted by molar-refractivity contribution is 6.08. The van der Waals surface area contributed by atoms with Crippen molar-refractivity contribution in [3.05, 3.63) is 23.8 Å². The van der Waals surface area contributed by atoms with Crippen molar-refractivity contribution in [2.45, 2.75) is 51.7 Å². The van der Waals surface area contributed by atoms with Crippen molar-refractivity contribution in [3.63, 3.8) is 0 Å². The summed E-state index contributed by atoms with van der Waals surface area (Å²) in [5, 5.41) is 2.80. The number of urea groups is 1. The Morgan fingerprint density at radius 3 is 2.67 bits per heavy atom. The fraction of sp³-hybridized carbons (Fsp3) is 0.550. The van der Waals surface area contributed by atoms with Crippen LogP contribution in [0.1, 0.15) is 51.1 Å². The van der Waals surface area contributed by atoms with Crippen LogP contribution < -0.4 is 14.8 Å². The van der Waals surface area contributed by atoms with Crippen LogP contribution in [0.15, 0.2) is 23.2 Å². The summed E-state index contributed by atoms with van der Waals surface area (Å²) in [6, 6.07) is 4.37. The van der Waals surface area contributed by atoms with Gasteiger partial charge in [-0.2, -0.15) is 0 Å². The first-order valence-electron chi connectivity index (χ1n) is 9.40. The van der Waals surface area contributed by atoms with Crippen LogP contribution in [0, 0.1) is 5.92 Å². The number of hydrogen-bond acceptors (Lipinski definition) is 5. The summed E-state index contributed by atoms with van der Waals surface area (Å²) in [6.45, 7) is 4.10. The second-order valence-corrected chi connectivity index (χ2v) is 6.84. The lowest BCUT2D eigenvalue weighted by molar-refractivity contribution is -0.152. The van der Waals surface area contributed by atoms with E-state index < -0.39 is 18.0 Å². The zero-order valence-corrected chi connectivity index (χ0v) is 16.0. The average molecular weight is 374 g/mol. The summed E-state index contributed by atoms with van der Waals surface area (Å²) in [5.74, 6) is 0.153. The fourth-order valence-corrected chi connectivity index (χ4v) is 3.70. The van der Waals surface area contributed by atoms with E-state index in [1.165, 1.54) is 0 Å². The summed E-state index contributed by atoms with van der Waals surface area (Å²) >= 11 is 0. The van der Waals surface area contributed by atoms with Crippen molar-refractivity contribution < 1.29 is 23.8 Å². The van der Waals surface area contributed by atoms with Crippen LogP contribution in [0.5, 0.6) is 11.5 Å². The molecule has 0 bridgehead atoms. The van der Waals surface area contributed by atoms with E-state index >= 15 is 0 Å². The predicted octanol–water partition coefficient (Wildman–Crippen LogP) is 3.42. The maximum Gasteiger partial charge on any atom is 0.341 e. The van der Waals surface area contributed by atoms with E-state index in [1.807, 2.05) is 13.0 Å². The Morgan fingerprint density at radius 2 is 2.00 bits per heavy atom. The molecule has 2 amide bonds.